The first-order chi connectivity index (χ1) is 36.7. The topological polar surface area (TPSA) is 18.1 Å². The minimum atomic E-state index is 0.852. The molecule has 0 bridgehead atoms. The highest BCUT2D eigenvalue weighted by Crippen LogP contribution is 2.50. The molecule has 14 aromatic rings. The highest BCUT2D eigenvalue weighted by molar-refractivity contribution is 6.29. The van der Waals surface area contributed by atoms with Crippen molar-refractivity contribution in [2.24, 2.45) is 0 Å². The minimum absolute atomic E-state index is 0.852. The van der Waals surface area contributed by atoms with Gasteiger partial charge in [0.05, 0.1) is 16.4 Å². The fourth-order valence-corrected chi connectivity index (χ4v) is 11.4. The van der Waals surface area contributed by atoms with Gasteiger partial charge in [-0.15, -0.1) is 0 Å². The van der Waals surface area contributed by atoms with Gasteiger partial charge in [0.15, 0.2) is 0 Å². The molecule has 0 aliphatic carbocycles. The summed E-state index contributed by atoms with van der Waals surface area (Å²) in [5, 5.41) is 4.51. The van der Waals surface area contributed by atoms with E-state index in [0.717, 1.165) is 83.2 Å². The number of fused-ring (bicyclic) bond motifs is 7. The molecular formula is C72H47NO. The predicted molar refractivity (Wildman–Crippen MR) is 312 cm³/mol. The molecule has 0 atom stereocenters. The second kappa shape index (κ2) is 18.1. The van der Waals surface area contributed by atoms with Crippen molar-refractivity contribution in [3.8, 4) is 94.7 Å². The van der Waals surface area contributed by atoms with E-state index in [-0.39, 0.29) is 0 Å². The van der Waals surface area contributed by atoms with E-state index in [1.165, 1.54) is 55.3 Å². The summed E-state index contributed by atoms with van der Waals surface area (Å²) in [5.41, 5.74) is 23.3. The van der Waals surface area contributed by atoms with Crippen LogP contribution in [0.25, 0.3) is 138 Å². The zero-order valence-electron chi connectivity index (χ0n) is 40.5. The van der Waals surface area contributed by atoms with Crippen LogP contribution in [0.3, 0.4) is 0 Å². The van der Waals surface area contributed by atoms with Gasteiger partial charge in [-0.1, -0.05) is 224 Å². The largest absolute Gasteiger partial charge is 0.455 e. The van der Waals surface area contributed by atoms with Crippen LogP contribution in [0, 0.1) is 0 Å². The van der Waals surface area contributed by atoms with Gasteiger partial charge in [0.25, 0.3) is 0 Å². The predicted octanol–water partition coefficient (Wildman–Crippen LogP) is 20.0. The molecule has 0 aliphatic heterocycles. The van der Waals surface area contributed by atoms with Crippen molar-refractivity contribution < 1.29 is 4.42 Å². The van der Waals surface area contributed by atoms with E-state index in [9.17, 15) is 0 Å². The molecule has 74 heavy (non-hydrogen) atoms. The van der Waals surface area contributed by atoms with E-state index in [4.69, 9.17) is 4.42 Å². The van der Waals surface area contributed by atoms with Gasteiger partial charge in [-0.05, 0) is 139 Å². The van der Waals surface area contributed by atoms with Crippen molar-refractivity contribution >= 4 is 43.7 Å². The fraction of sp³-hybridized carbons (Fsp3) is 0. The summed E-state index contributed by atoms with van der Waals surface area (Å²) in [4.78, 5) is 0. The molecule has 0 N–H and O–H groups in total. The summed E-state index contributed by atoms with van der Waals surface area (Å²) in [6, 6.07) is 103. The summed E-state index contributed by atoms with van der Waals surface area (Å²) in [6.45, 7) is 0. The third kappa shape index (κ3) is 7.43. The summed E-state index contributed by atoms with van der Waals surface area (Å²) in [7, 11) is 0. The SMILES string of the molecule is c1ccc(-c2cc(-c3ccccc3)cc(-c3ccccc3-c3cccc4c3oc3c(-c5ccccc5-c5cc(-c6ccccc6)cc(-c6ccccc6)c5)cc5c6ccccc6n(-c6ccccc6)c5c34)c2)cc1. The molecule has 0 unspecified atom stereocenters. The molecule has 0 spiro atoms. The molecule has 2 heteroatoms. The third-order valence-corrected chi connectivity index (χ3v) is 14.8. The molecule has 0 fully saturated rings. The lowest BCUT2D eigenvalue weighted by molar-refractivity contribution is 0.671. The number of aromatic nitrogens is 1. The van der Waals surface area contributed by atoms with E-state index in [0.29, 0.717) is 0 Å². The summed E-state index contributed by atoms with van der Waals surface area (Å²) < 4.78 is 10.1. The van der Waals surface area contributed by atoms with Crippen LogP contribution < -0.4 is 0 Å². The first kappa shape index (κ1) is 43.1. The van der Waals surface area contributed by atoms with E-state index < -0.39 is 0 Å². The number of hydrogen-bond acceptors (Lipinski definition) is 1. The molecule has 2 nitrogen and oxygen atoms in total. The molecule has 2 heterocycles. The molecule has 12 aromatic carbocycles. The third-order valence-electron chi connectivity index (χ3n) is 14.8. The summed E-state index contributed by atoms with van der Waals surface area (Å²) >= 11 is 0. The number of rotatable bonds is 9. The normalized spacial score (nSPS) is 11.5. The van der Waals surface area contributed by atoms with Crippen LogP contribution in [0.1, 0.15) is 0 Å². The molecule has 0 aliphatic rings. The van der Waals surface area contributed by atoms with Crippen molar-refractivity contribution in [2.45, 2.75) is 0 Å². The molecule has 0 saturated heterocycles. The van der Waals surface area contributed by atoms with Gasteiger partial charge in [0.1, 0.15) is 11.2 Å². The van der Waals surface area contributed by atoms with Crippen LogP contribution in [0.2, 0.25) is 0 Å². The molecule has 14 rings (SSSR count). The van der Waals surface area contributed by atoms with E-state index in [1.807, 2.05) is 0 Å². The lowest BCUT2D eigenvalue weighted by Gasteiger charge is -2.15. The Kier molecular flexibility index (Phi) is 10.6. The Morgan fingerprint density at radius 1 is 0.230 bits per heavy atom. The number of para-hydroxylation sites is 3. The molecule has 346 valence electrons. The Morgan fingerprint density at radius 2 is 0.608 bits per heavy atom. The molecule has 0 saturated carbocycles. The Labute approximate surface area is 430 Å². The molecule has 0 amide bonds. The Balaban J connectivity index is 1.06. The lowest BCUT2D eigenvalue weighted by Crippen LogP contribution is -1.94. The lowest BCUT2D eigenvalue weighted by atomic mass is 9.88. The molecular weight excluding hydrogens is 895 g/mol. The standard InChI is InChI=1S/C72H47NO/c1-6-23-48(24-7-1)52-41-53(49-25-8-2-9-26-49)44-56(43-52)59-33-16-18-35-61(59)64-38-22-39-65-69-70-66(63-37-20-21-40-68(63)73(70)58-31-14-5-15-32-58)47-67(72(69)74-71(64)65)62-36-19-17-34-60(62)57-45-54(50-27-10-3-11-28-50)42-55(46-57)51-29-12-4-13-30-51/h1-47H. The van der Waals surface area contributed by atoms with Crippen LogP contribution in [-0.2, 0) is 0 Å². The van der Waals surface area contributed by atoms with Crippen LogP contribution >= 0.6 is 0 Å². The summed E-state index contributed by atoms with van der Waals surface area (Å²) in [5.74, 6) is 0. The van der Waals surface area contributed by atoms with Gasteiger partial charge < -0.3 is 8.98 Å². The van der Waals surface area contributed by atoms with Gasteiger partial charge in [-0.3, -0.25) is 0 Å². The van der Waals surface area contributed by atoms with Gasteiger partial charge >= 0.3 is 0 Å². The highest BCUT2D eigenvalue weighted by atomic mass is 16.3. The number of benzene rings is 12. The maximum Gasteiger partial charge on any atom is 0.145 e. The maximum atomic E-state index is 7.66. The highest BCUT2D eigenvalue weighted by Gasteiger charge is 2.26. The average molecular weight is 942 g/mol. The Morgan fingerprint density at radius 3 is 1.11 bits per heavy atom. The van der Waals surface area contributed by atoms with Crippen LogP contribution in [0.15, 0.2) is 290 Å². The second-order valence-corrected chi connectivity index (χ2v) is 19.2. The van der Waals surface area contributed by atoms with Crippen LogP contribution in [0.4, 0.5) is 0 Å². The second-order valence-electron chi connectivity index (χ2n) is 19.2. The van der Waals surface area contributed by atoms with Crippen LogP contribution in [-0.4, -0.2) is 4.57 Å². The van der Waals surface area contributed by atoms with Gasteiger partial charge in [-0.2, -0.15) is 0 Å². The maximum absolute atomic E-state index is 7.66. The Hall–Kier alpha value is -9.76. The monoisotopic (exact) mass is 941 g/mol. The average Bonchev–Trinajstić information content (AvgIpc) is 4.10. The van der Waals surface area contributed by atoms with E-state index >= 15 is 0 Å². The number of furan rings is 1. The van der Waals surface area contributed by atoms with Crippen molar-refractivity contribution in [3.63, 3.8) is 0 Å². The van der Waals surface area contributed by atoms with Crippen molar-refractivity contribution in [2.75, 3.05) is 0 Å². The fourth-order valence-electron chi connectivity index (χ4n) is 11.4. The van der Waals surface area contributed by atoms with Gasteiger partial charge in [-0.25, -0.2) is 0 Å². The number of nitrogens with zero attached hydrogens (tertiary/aromatic N) is 1. The smallest absolute Gasteiger partial charge is 0.145 e. The molecule has 2 aromatic heterocycles. The van der Waals surface area contributed by atoms with Crippen molar-refractivity contribution in [1.82, 2.24) is 4.57 Å². The first-order valence-electron chi connectivity index (χ1n) is 25.4. The summed E-state index contributed by atoms with van der Waals surface area (Å²) in [6.07, 6.45) is 0. The van der Waals surface area contributed by atoms with Crippen LogP contribution in [0.5, 0.6) is 0 Å². The van der Waals surface area contributed by atoms with Crippen molar-refractivity contribution in [3.05, 3.63) is 285 Å². The molecule has 0 radical (unpaired) electrons. The zero-order valence-corrected chi connectivity index (χ0v) is 40.5. The van der Waals surface area contributed by atoms with Gasteiger partial charge in [0.2, 0.25) is 0 Å². The quantitative estimate of drug-likeness (QED) is 0.141. The van der Waals surface area contributed by atoms with Gasteiger partial charge in [0, 0.05) is 33.0 Å². The van der Waals surface area contributed by atoms with E-state index in [2.05, 4.69) is 290 Å². The number of hydrogen-bond donors (Lipinski definition) is 0. The van der Waals surface area contributed by atoms with Crippen molar-refractivity contribution in [1.29, 1.82) is 0 Å². The Bertz CT molecular complexity index is 4260. The van der Waals surface area contributed by atoms with E-state index in [1.54, 1.807) is 0 Å². The minimum Gasteiger partial charge on any atom is -0.455 e. The first-order valence-corrected chi connectivity index (χ1v) is 25.4. The zero-order chi connectivity index (χ0) is 49.0.